The number of hydrogen-bond donors (Lipinski definition) is 0. The number of ether oxygens (including phenoxy) is 2. The van der Waals surface area contributed by atoms with Crippen LogP contribution in [0.4, 0.5) is 10.5 Å². The molecular formula is C25H31N3O4. The minimum absolute atomic E-state index is 0.305. The first-order valence-corrected chi connectivity index (χ1v) is 11.2. The van der Waals surface area contributed by atoms with Gasteiger partial charge in [0.15, 0.2) is 0 Å². The fourth-order valence-electron chi connectivity index (χ4n) is 4.17. The van der Waals surface area contributed by atoms with E-state index < -0.39 is 5.60 Å². The summed E-state index contributed by atoms with van der Waals surface area (Å²) in [6.07, 6.45) is 5.27. The molecule has 1 aromatic carbocycles. The Morgan fingerprint density at radius 3 is 2.41 bits per heavy atom. The maximum absolute atomic E-state index is 12.6. The number of anilines is 1. The number of aromatic nitrogens is 1. The summed E-state index contributed by atoms with van der Waals surface area (Å²) >= 11 is 0. The number of pyridine rings is 1. The van der Waals surface area contributed by atoms with Crippen molar-refractivity contribution in [3.63, 3.8) is 0 Å². The minimum Gasteiger partial charge on any atom is -0.462 e. The Kier molecular flexibility index (Phi) is 6.35. The van der Waals surface area contributed by atoms with Gasteiger partial charge in [-0.05, 0) is 74.9 Å². The van der Waals surface area contributed by atoms with E-state index in [1.165, 1.54) is 5.69 Å². The molecule has 0 N–H and O–H groups in total. The Morgan fingerprint density at radius 1 is 1.03 bits per heavy atom. The summed E-state index contributed by atoms with van der Waals surface area (Å²) in [7, 11) is 0. The predicted octanol–water partition coefficient (Wildman–Crippen LogP) is 4.41. The lowest BCUT2D eigenvalue weighted by Gasteiger charge is -2.33. The maximum Gasteiger partial charge on any atom is 0.410 e. The van der Waals surface area contributed by atoms with Crippen molar-refractivity contribution >= 4 is 17.7 Å². The molecule has 0 atom stereocenters. The van der Waals surface area contributed by atoms with Crippen LogP contribution in [0.3, 0.4) is 0 Å². The van der Waals surface area contributed by atoms with Crippen molar-refractivity contribution in [1.82, 2.24) is 9.88 Å². The molecule has 170 valence electrons. The van der Waals surface area contributed by atoms with Crippen molar-refractivity contribution in [2.45, 2.75) is 52.3 Å². The van der Waals surface area contributed by atoms with Crippen molar-refractivity contribution in [1.29, 1.82) is 0 Å². The van der Waals surface area contributed by atoms with Gasteiger partial charge in [-0.2, -0.15) is 0 Å². The SMILES string of the molecule is CC(C)(C)OC(=O)N1Cc2ccc(C(=O)OCC3CCN(c4ccncc4)CC3)cc2C1. The van der Waals surface area contributed by atoms with Crippen LogP contribution in [0.2, 0.25) is 0 Å². The molecule has 1 amide bonds. The fourth-order valence-corrected chi connectivity index (χ4v) is 4.17. The molecule has 0 aliphatic carbocycles. The van der Waals surface area contributed by atoms with Crippen LogP contribution in [0, 0.1) is 5.92 Å². The predicted molar refractivity (Wildman–Crippen MR) is 121 cm³/mol. The second-order valence-electron chi connectivity index (χ2n) is 9.55. The van der Waals surface area contributed by atoms with Gasteiger partial charge in [-0.3, -0.25) is 9.88 Å². The molecule has 2 aromatic rings. The second-order valence-corrected chi connectivity index (χ2v) is 9.55. The first-order chi connectivity index (χ1) is 15.3. The monoisotopic (exact) mass is 437 g/mol. The normalized spacial score (nSPS) is 16.6. The van der Waals surface area contributed by atoms with Gasteiger partial charge in [-0.25, -0.2) is 9.59 Å². The van der Waals surface area contributed by atoms with Crippen molar-refractivity contribution in [3.05, 3.63) is 59.4 Å². The second kappa shape index (κ2) is 9.18. The van der Waals surface area contributed by atoms with Crippen molar-refractivity contribution < 1.29 is 19.1 Å². The third-order valence-electron chi connectivity index (χ3n) is 5.91. The van der Waals surface area contributed by atoms with E-state index in [1.54, 1.807) is 11.0 Å². The average molecular weight is 438 g/mol. The summed E-state index contributed by atoms with van der Waals surface area (Å²) in [6.45, 7) is 8.83. The van der Waals surface area contributed by atoms with Crippen LogP contribution >= 0.6 is 0 Å². The Labute approximate surface area is 189 Å². The van der Waals surface area contributed by atoms with Gasteiger partial charge in [0.1, 0.15) is 5.60 Å². The Hall–Kier alpha value is -3.09. The number of rotatable bonds is 4. The summed E-state index contributed by atoms with van der Waals surface area (Å²) in [4.78, 5) is 33.0. The number of esters is 1. The standard InChI is InChI=1S/C25H31N3O4/c1-25(2,3)32-24(30)28-15-20-5-4-19(14-21(20)16-28)23(29)31-17-18-8-12-27(13-9-18)22-6-10-26-11-7-22/h4-7,10-11,14,18H,8-9,12-13,15-17H2,1-3H3. The number of fused-ring (bicyclic) bond motifs is 1. The topological polar surface area (TPSA) is 72.0 Å². The summed E-state index contributed by atoms with van der Waals surface area (Å²) in [5.41, 5.74) is 3.19. The quantitative estimate of drug-likeness (QED) is 0.660. The highest BCUT2D eigenvalue weighted by molar-refractivity contribution is 5.89. The molecule has 2 aliphatic rings. The molecule has 4 rings (SSSR count). The van der Waals surface area contributed by atoms with E-state index >= 15 is 0 Å². The van der Waals surface area contributed by atoms with Gasteiger partial charge < -0.3 is 14.4 Å². The lowest BCUT2D eigenvalue weighted by Crippen LogP contribution is -2.35. The molecule has 0 bridgehead atoms. The van der Waals surface area contributed by atoms with Gasteiger partial charge in [0.05, 0.1) is 12.2 Å². The Morgan fingerprint density at radius 2 is 1.72 bits per heavy atom. The highest BCUT2D eigenvalue weighted by Gasteiger charge is 2.28. The molecule has 0 saturated carbocycles. The van der Waals surface area contributed by atoms with Gasteiger partial charge in [0, 0.05) is 44.3 Å². The van der Waals surface area contributed by atoms with E-state index in [0.29, 0.717) is 31.2 Å². The summed E-state index contributed by atoms with van der Waals surface area (Å²) in [6, 6.07) is 9.58. The lowest BCUT2D eigenvalue weighted by molar-refractivity contribution is 0.0241. The van der Waals surface area contributed by atoms with Crippen LogP contribution < -0.4 is 4.90 Å². The number of nitrogens with zero attached hydrogens (tertiary/aromatic N) is 3. The smallest absolute Gasteiger partial charge is 0.410 e. The number of amides is 1. The number of benzene rings is 1. The summed E-state index contributed by atoms with van der Waals surface area (Å²) in [5.74, 6) is 0.0641. The molecule has 1 saturated heterocycles. The zero-order chi connectivity index (χ0) is 22.7. The van der Waals surface area contributed by atoms with E-state index in [0.717, 1.165) is 37.1 Å². The van der Waals surface area contributed by atoms with E-state index in [9.17, 15) is 9.59 Å². The van der Waals surface area contributed by atoms with Gasteiger partial charge in [0.2, 0.25) is 0 Å². The maximum atomic E-state index is 12.6. The highest BCUT2D eigenvalue weighted by atomic mass is 16.6. The summed E-state index contributed by atoms with van der Waals surface area (Å²) < 4.78 is 11.1. The molecule has 1 aromatic heterocycles. The first-order valence-electron chi connectivity index (χ1n) is 11.2. The number of carbonyl (C=O) groups is 2. The largest absolute Gasteiger partial charge is 0.462 e. The van der Waals surface area contributed by atoms with Crippen LogP contribution in [0.1, 0.15) is 55.1 Å². The first kappa shape index (κ1) is 22.1. The molecule has 0 radical (unpaired) electrons. The van der Waals surface area contributed by atoms with Crippen LogP contribution in [-0.4, -0.2) is 47.2 Å². The van der Waals surface area contributed by atoms with E-state index in [4.69, 9.17) is 9.47 Å². The van der Waals surface area contributed by atoms with Crippen LogP contribution in [-0.2, 0) is 22.6 Å². The average Bonchev–Trinajstić information content (AvgIpc) is 3.21. The third kappa shape index (κ3) is 5.39. The lowest BCUT2D eigenvalue weighted by atomic mass is 9.97. The molecule has 2 aliphatic heterocycles. The fraction of sp³-hybridized carbons (Fsp3) is 0.480. The van der Waals surface area contributed by atoms with Crippen molar-refractivity contribution in [3.8, 4) is 0 Å². The van der Waals surface area contributed by atoms with Gasteiger partial charge >= 0.3 is 12.1 Å². The molecule has 7 heteroatoms. The molecule has 1 fully saturated rings. The zero-order valence-electron chi connectivity index (χ0n) is 19.0. The van der Waals surface area contributed by atoms with Gasteiger partial charge in [-0.1, -0.05) is 6.07 Å². The molecule has 3 heterocycles. The van der Waals surface area contributed by atoms with Crippen molar-refractivity contribution in [2.75, 3.05) is 24.6 Å². The van der Waals surface area contributed by atoms with E-state index in [1.807, 2.05) is 57.4 Å². The molecule has 7 nitrogen and oxygen atoms in total. The van der Waals surface area contributed by atoms with E-state index in [-0.39, 0.29) is 12.1 Å². The van der Waals surface area contributed by atoms with Crippen molar-refractivity contribution in [2.24, 2.45) is 5.92 Å². The number of carbonyl (C=O) groups excluding carboxylic acids is 2. The number of hydrogen-bond acceptors (Lipinski definition) is 6. The zero-order valence-corrected chi connectivity index (χ0v) is 19.0. The minimum atomic E-state index is -0.532. The molecule has 0 spiro atoms. The molecular weight excluding hydrogens is 406 g/mol. The number of piperidine rings is 1. The molecule has 32 heavy (non-hydrogen) atoms. The third-order valence-corrected chi connectivity index (χ3v) is 5.91. The highest BCUT2D eigenvalue weighted by Crippen LogP contribution is 2.27. The molecule has 0 unspecified atom stereocenters. The van der Waals surface area contributed by atoms with Gasteiger partial charge in [-0.15, -0.1) is 0 Å². The van der Waals surface area contributed by atoms with Crippen LogP contribution in [0.5, 0.6) is 0 Å². The van der Waals surface area contributed by atoms with E-state index in [2.05, 4.69) is 9.88 Å². The summed E-state index contributed by atoms with van der Waals surface area (Å²) in [5, 5.41) is 0. The van der Waals surface area contributed by atoms with Gasteiger partial charge in [0.25, 0.3) is 0 Å². The van der Waals surface area contributed by atoms with Crippen LogP contribution in [0.15, 0.2) is 42.7 Å². The Bertz CT molecular complexity index is 963. The Balaban J connectivity index is 1.27. The van der Waals surface area contributed by atoms with Crippen LogP contribution in [0.25, 0.3) is 0 Å².